The second-order valence-electron chi connectivity index (χ2n) is 6.89. The molecule has 2 aromatic carbocycles. The second kappa shape index (κ2) is 7.50. The van der Waals surface area contributed by atoms with Gasteiger partial charge in [-0.05, 0) is 42.2 Å². The van der Waals surface area contributed by atoms with Crippen molar-refractivity contribution in [2.75, 3.05) is 16.6 Å². The average Bonchev–Trinajstić information content (AvgIpc) is 2.99. The lowest BCUT2D eigenvalue weighted by atomic mass is 9.95. The maximum atomic E-state index is 12.6. The molecule has 26 heavy (non-hydrogen) atoms. The average molecular weight is 372 g/mol. The number of anilines is 1. The van der Waals surface area contributed by atoms with E-state index in [2.05, 4.69) is 19.2 Å². The first-order chi connectivity index (χ1) is 12.4. The summed E-state index contributed by atoms with van der Waals surface area (Å²) in [5.74, 6) is 0.265. The summed E-state index contributed by atoms with van der Waals surface area (Å²) in [6, 6.07) is 16.6. The molecule has 1 aliphatic rings. The summed E-state index contributed by atoms with van der Waals surface area (Å²) in [7, 11) is -3.21. The Labute approximate surface area is 155 Å². The van der Waals surface area contributed by atoms with Crippen LogP contribution in [0.3, 0.4) is 0 Å². The van der Waals surface area contributed by atoms with Gasteiger partial charge in [-0.3, -0.25) is 9.10 Å². The maximum Gasteiger partial charge on any atom is 0.251 e. The number of nitrogens with zero attached hydrogens (tertiary/aromatic N) is 1. The molecular formula is C20H24N2O3S. The highest BCUT2D eigenvalue weighted by Gasteiger charge is 2.28. The third-order valence-corrected chi connectivity index (χ3v) is 6.50. The van der Waals surface area contributed by atoms with E-state index in [0.717, 1.165) is 5.56 Å². The molecule has 1 heterocycles. The SMILES string of the molecule is CC(C)C(NC(=O)c1ccc(N2CCCS2(=O)=O)cc1)c1ccccc1. The molecule has 1 fully saturated rings. The summed E-state index contributed by atoms with van der Waals surface area (Å²) in [5.41, 5.74) is 2.20. The lowest BCUT2D eigenvalue weighted by Gasteiger charge is -2.23. The minimum absolute atomic E-state index is 0.0812. The maximum absolute atomic E-state index is 12.6. The Hall–Kier alpha value is -2.34. The summed E-state index contributed by atoms with van der Waals surface area (Å²) in [6.07, 6.45) is 0.637. The zero-order valence-corrected chi connectivity index (χ0v) is 15.9. The van der Waals surface area contributed by atoms with Crippen LogP contribution in [-0.4, -0.2) is 26.6 Å². The Kier molecular flexibility index (Phi) is 5.32. The smallest absolute Gasteiger partial charge is 0.251 e. The third-order valence-electron chi connectivity index (χ3n) is 4.63. The van der Waals surface area contributed by atoms with Crippen LogP contribution in [0.1, 0.15) is 42.2 Å². The van der Waals surface area contributed by atoms with Gasteiger partial charge in [0.1, 0.15) is 0 Å². The topological polar surface area (TPSA) is 66.5 Å². The number of amides is 1. The van der Waals surface area contributed by atoms with Gasteiger partial charge in [0.05, 0.1) is 17.5 Å². The molecule has 5 nitrogen and oxygen atoms in total. The number of sulfonamides is 1. The molecule has 0 saturated carbocycles. The number of carbonyl (C=O) groups is 1. The summed E-state index contributed by atoms with van der Waals surface area (Å²) >= 11 is 0. The number of nitrogens with one attached hydrogen (secondary N) is 1. The van der Waals surface area contributed by atoms with E-state index in [0.29, 0.717) is 24.2 Å². The van der Waals surface area contributed by atoms with E-state index in [1.807, 2.05) is 30.3 Å². The molecule has 3 rings (SSSR count). The van der Waals surface area contributed by atoms with Crippen molar-refractivity contribution in [1.82, 2.24) is 5.32 Å². The number of carbonyl (C=O) groups excluding carboxylic acids is 1. The van der Waals surface area contributed by atoms with Gasteiger partial charge in [-0.15, -0.1) is 0 Å². The molecule has 0 aliphatic carbocycles. The first-order valence-electron chi connectivity index (χ1n) is 8.85. The minimum atomic E-state index is -3.21. The van der Waals surface area contributed by atoms with E-state index in [1.54, 1.807) is 24.3 Å². The Morgan fingerprint density at radius 2 is 1.69 bits per heavy atom. The van der Waals surface area contributed by atoms with Crippen LogP contribution < -0.4 is 9.62 Å². The van der Waals surface area contributed by atoms with Crippen molar-refractivity contribution in [3.63, 3.8) is 0 Å². The Balaban J connectivity index is 1.75. The van der Waals surface area contributed by atoms with Crippen LogP contribution in [-0.2, 0) is 10.0 Å². The lowest BCUT2D eigenvalue weighted by molar-refractivity contribution is 0.0925. The van der Waals surface area contributed by atoms with E-state index in [4.69, 9.17) is 0 Å². The molecule has 1 atom stereocenters. The second-order valence-corrected chi connectivity index (χ2v) is 8.91. The fourth-order valence-corrected chi connectivity index (χ4v) is 4.79. The monoisotopic (exact) mass is 372 g/mol. The van der Waals surface area contributed by atoms with E-state index in [1.165, 1.54) is 4.31 Å². The van der Waals surface area contributed by atoms with Crippen LogP contribution in [0.4, 0.5) is 5.69 Å². The quantitative estimate of drug-likeness (QED) is 0.875. The molecule has 0 spiro atoms. The summed E-state index contributed by atoms with van der Waals surface area (Å²) in [4.78, 5) is 12.6. The largest absolute Gasteiger partial charge is 0.345 e. The van der Waals surface area contributed by atoms with Crippen LogP contribution in [0.5, 0.6) is 0 Å². The van der Waals surface area contributed by atoms with Gasteiger partial charge in [-0.25, -0.2) is 8.42 Å². The van der Waals surface area contributed by atoms with E-state index >= 15 is 0 Å². The van der Waals surface area contributed by atoms with Gasteiger partial charge in [0.15, 0.2) is 0 Å². The summed E-state index contributed by atoms with van der Waals surface area (Å²) in [5, 5.41) is 3.08. The lowest BCUT2D eigenvalue weighted by Crippen LogP contribution is -2.31. The normalized spacial score (nSPS) is 17.3. The first-order valence-corrected chi connectivity index (χ1v) is 10.5. The number of rotatable bonds is 5. The van der Waals surface area contributed by atoms with Crippen molar-refractivity contribution in [1.29, 1.82) is 0 Å². The van der Waals surface area contributed by atoms with E-state index in [9.17, 15) is 13.2 Å². The van der Waals surface area contributed by atoms with E-state index < -0.39 is 10.0 Å². The number of benzene rings is 2. The molecule has 1 amide bonds. The zero-order valence-electron chi connectivity index (χ0n) is 15.1. The van der Waals surface area contributed by atoms with Crippen molar-refractivity contribution in [3.05, 3.63) is 65.7 Å². The molecule has 0 radical (unpaired) electrons. The van der Waals surface area contributed by atoms with Gasteiger partial charge >= 0.3 is 0 Å². The number of hydrogen-bond acceptors (Lipinski definition) is 3. The van der Waals surface area contributed by atoms with Gasteiger partial charge in [0.25, 0.3) is 5.91 Å². The van der Waals surface area contributed by atoms with Crippen LogP contribution in [0.15, 0.2) is 54.6 Å². The molecule has 1 unspecified atom stereocenters. The van der Waals surface area contributed by atoms with Gasteiger partial charge in [0, 0.05) is 12.1 Å². The highest BCUT2D eigenvalue weighted by atomic mass is 32.2. The summed E-state index contributed by atoms with van der Waals surface area (Å²) < 4.78 is 25.4. The predicted octanol–water partition coefficient (Wildman–Crippen LogP) is 3.35. The van der Waals surface area contributed by atoms with Crippen molar-refractivity contribution < 1.29 is 13.2 Å². The van der Waals surface area contributed by atoms with Gasteiger partial charge in [0.2, 0.25) is 10.0 Å². The molecule has 138 valence electrons. The highest BCUT2D eigenvalue weighted by Crippen LogP contribution is 2.25. The fraction of sp³-hybridized carbons (Fsp3) is 0.350. The predicted molar refractivity (Wildman–Crippen MR) is 104 cm³/mol. The zero-order chi connectivity index (χ0) is 18.7. The molecule has 6 heteroatoms. The molecule has 1 N–H and O–H groups in total. The van der Waals surface area contributed by atoms with Crippen molar-refractivity contribution in [2.45, 2.75) is 26.3 Å². The van der Waals surface area contributed by atoms with Crippen LogP contribution >= 0.6 is 0 Å². The molecule has 0 aromatic heterocycles. The van der Waals surface area contributed by atoms with Crippen LogP contribution in [0.2, 0.25) is 0 Å². The molecule has 1 saturated heterocycles. The first kappa shape index (κ1) is 18.5. The van der Waals surface area contributed by atoms with Crippen molar-refractivity contribution in [2.24, 2.45) is 5.92 Å². The van der Waals surface area contributed by atoms with Crippen LogP contribution in [0, 0.1) is 5.92 Å². The summed E-state index contributed by atoms with van der Waals surface area (Å²) in [6.45, 7) is 4.63. The van der Waals surface area contributed by atoms with Gasteiger partial charge < -0.3 is 5.32 Å². The Morgan fingerprint density at radius 3 is 2.23 bits per heavy atom. The van der Waals surface area contributed by atoms with Crippen LogP contribution in [0.25, 0.3) is 0 Å². The highest BCUT2D eigenvalue weighted by molar-refractivity contribution is 7.93. The molecular weight excluding hydrogens is 348 g/mol. The van der Waals surface area contributed by atoms with E-state index in [-0.39, 0.29) is 23.6 Å². The molecule has 2 aromatic rings. The van der Waals surface area contributed by atoms with Gasteiger partial charge in [-0.2, -0.15) is 0 Å². The minimum Gasteiger partial charge on any atom is -0.345 e. The fourth-order valence-electron chi connectivity index (χ4n) is 3.23. The van der Waals surface area contributed by atoms with Crippen molar-refractivity contribution >= 4 is 21.6 Å². The third kappa shape index (κ3) is 3.90. The Bertz CT molecular complexity index is 862. The standard InChI is InChI=1S/C20H24N2O3S/c1-15(2)19(16-7-4-3-5-8-16)21-20(23)17-9-11-18(12-10-17)22-13-6-14-26(22,24)25/h3-5,7-12,15,19H,6,13-14H2,1-2H3,(H,21,23). The van der Waals surface area contributed by atoms with Gasteiger partial charge in [-0.1, -0.05) is 44.2 Å². The molecule has 1 aliphatic heterocycles. The molecule has 0 bridgehead atoms. The van der Waals surface area contributed by atoms with Crippen molar-refractivity contribution in [3.8, 4) is 0 Å². The Morgan fingerprint density at radius 1 is 1.04 bits per heavy atom. The number of hydrogen-bond donors (Lipinski definition) is 1.